The molecule has 35 heavy (non-hydrogen) atoms. The van der Waals surface area contributed by atoms with E-state index < -0.39 is 18.3 Å². The Kier molecular flexibility index (Phi) is 11.6. The number of halogens is 3. The second-order valence-corrected chi connectivity index (χ2v) is 8.52. The van der Waals surface area contributed by atoms with Crippen LogP contribution in [0.2, 0.25) is 5.02 Å². The largest absolute Gasteiger partial charge is 0.491 e. The van der Waals surface area contributed by atoms with Gasteiger partial charge in [-0.05, 0) is 49.6 Å². The van der Waals surface area contributed by atoms with Gasteiger partial charge in [0.2, 0.25) is 0 Å². The zero-order chi connectivity index (χ0) is 25.8. The van der Waals surface area contributed by atoms with Gasteiger partial charge in [0, 0.05) is 24.1 Å². The molecule has 4 nitrogen and oxygen atoms in total. The lowest BCUT2D eigenvalue weighted by Crippen LogP contribution is -2.33. The second-order valence-electron chi connectivity index (χ2n) is 8.11. The normalized spacial score (nSPS) is 14.9. The van der Waals surface area contributed by atoms with Crippen molar-refractivity contribution in [2.75, 3.05) is 20.4 Å². The van der Waals surface area contributed by atoms with Crippen LogP contribution in [0.25, 0.3) is 0 Å². The van der Waals surface area contributed by atoms with Crippen LogP contribution in [0, 0.1) is 0 Å². The molecular formula is C28H33ClF2O4. The van der Waals surface area contributed by atoms with Crippen molar-refractivity contribution in [3.8, 4) is 0 Å². The number of rotatable bonds is 14. The van der Waals surface area contributed by atoms with Crippen LogP contribution in [-0.2, 0) is 33.0 Å². The average Bonchev–Trinajstić information content (AvgIpc) is 2.86. The minimum absolute atomic E-state index is 0.172. The van der Waals surface area contributed by atoms with Gasteiger partial charge in [0.05, 0.1) is 19.3 Å². The topological polar surface area (TPSA) is 47.9 Å². The highest BCUT2D eigenvalue weighted by Crippen LogP contribution is 2.32. The first-order valence-corrected chi connectivity index (χ1v) is 11.7. The third-order valence-corrected chi connectivity index (χ3v) is 5.72. The first-order chi connectivity index (χ1) is 16.7. The molecular weight excluding hydrogens is 474 g/mol. The van der Waals surface area contributed by atoms with Gasteiger partial charge in [0.15, 0.2) is 17.4 Å². The summed E-state index contributed by atoms with van der Waals surface area (Å²) in [5.41, 5.74) is 2.84. The molecule has 7 heteroatoms. The molecule has 0 amide bonds. The third kappa shape index (κ3) is 8.89. The summed E-state index contributed by atoms with van der Waals surface area (Å²) in [4.78, 5) is 0. The lowest BCUT2D eigenvalue weighted by molar-refractivity contribution is -0.215. The molecule has 0 saturated carbocycles. The molecule has 2 aromatic rings. The third-order valence-electron chi connectivity index (χ3n) is 5.35. The van der Waals surface area contributed by atoms with Crippen LogP contribution >= 0.6 is 11.6 Å². The van der Waals surface area contributed by atoms with Gasteiger partial charge in [-0.3, -0.25) is 0 Å². The van der Waals surface area contributed by atoms with Crippen molar-refractivity contribution in [3.05, 3.63) is 106 Å². The van der Waals surface area contributed by atoms with Crippen LogP contribution in [0.15, 0.2) is 84.4 Å². The monoisotopic (exact) mass is 506 g/mol. The van der Waals surface area contributed by atoms with Crippen LogP contribution in [0.1, 0.15) is 37.0 Å². The van der Waals surface area contributed by atoms with Gasteiger partial charge in [-0.25, -0.2) is 8.78 Å². The van der Waals surface area contributed by atoms with E-state index in [0.717, 1.165) is 5.56 Å². The van der Waals surface area contributed by atoms with Gasteiger partial charge in [-0.1, -0.05) is 66.2 Å². The summed E-state index contributed by atoms with van der Waals surface area (Å²) in [6, 6.07) is 14.9. The molecule has 2 atom stereocenters. The Morgan fingerprint density at radius 2 is 1.91 bits per heavy atom. The molecule has 0 aliphatic rings. The van der Waals surface area contributed by atoms with E-state index in [1.807, 2.05) is 37.3 Å². The number of methoxy groups -OCH3 is 1. The van der Waals surface area contributed by atoms with Gasteiger partial charge in [-0.2, -0.15) is 0 Å². The van der Waals surface area contributed by atoms with Crippen LogP contribution < -0.4 is 0 Å². The van der Waals surface area contributed by atoms with E-state index in [1.54, 1.807) is 31.2 Å². The van der Waals surface area contributed by atoms with Crippen molar-refractivity contribution < 1.29 is 28.1 Å². The minimum atomic E-state index is -1.60. The highest BCUT2D eigenvalue weighted by molar-refractivity contribution is 6.31. The summed E-state index contributed by atoms with van der Waals surface area (Å²) in [5, 5.41) is 11.7. The van der Waals surface area contributed by atoms with Crippen molar-refractivity contribution in [1.82, 2.24) is 0 Å². The molecule has 0 spiro atoms. The number of allylic oxidation sites excluding steroid dienone is 4. The molecule has 2 aromatic carbocycles. The Morgan fingerprint density at radius 3 is 2.54 bits per heavy atom. The molecule has 1 unspecified atom stereocenters. The fraction of sp³-hybridized carbons (Fsp3) is 0.357. The van der Waals surface area contributed by atoms with E-state index in [1.165, 1.54) is 13.2 Å². The van der Waals surface area contributed by atoms with Crippen LogP contribution in [-0.4, -0.2) is 31.6 Å². The van der Waals surface area contributed by atoms with Gasteiger partial charge in [0.25, 0.3) is 0 Å². The zero-order valence-corrected chi connectivity index (χ0v) is 21.2. The van der Waals surface area contributed by atoms with Gasteiger partial charge >= 0.3 is 0 Å². The number of hydrogen-bond acceptors (Lipinski definition) is 4. The van der Waals surface area contributed by atoms with Crippen molar-refractivity contribution >= 4 is 11.6 Å². The van der Waals surface area contributed by atoms with Crippen LogP contribution in [0.5, 0.6) is 0 Å². The molecule has 1 N–H and O–H groups in total. The second kappa shape index (κ2) is 14.1. The van der Waals surface area contributed by atoms with E-state index in [2.05, 4.69) is 6.58 Å². The maximum atomic E-state index is 13.6. The van der Waals surface area contributed by atoms with Crippen molar-refractivity contribution in [2.24, 2.45) is 0 Å². The molecule has 0 fully saturated rings. The summed E-state index contributed by atoms with van der Waals surface area (Å²) in [5.74, 6) is -2.75. The predicted octanol–water partition coefficient (Wildman–Crippen LogP) is 6.97. The first-order valence-electron chi connectivity index (χ1n) is 11.4. The lowest BCUT2D eigenvalue weighted by Gasteiger charge is -2.30. The summed E-state index contributed by atoms with van der Waals surface area (Å²) >= 11 is 6.39. The Balaban J connectivity index is 2.13. The summed E-state index contributed by atoms with van der Waals surface area (Å²) in [6.45, 7) is 6.90. The molecule has 0 aliphatic heterocycles. The Morgan fingerprint density at radius 1 is 1.20 bits per heavy atom. The molecule has 190 valence electrons. The maximum Gasteiger partial charge on any atom is 0.194 e. The smallest absolute Gasteiger partial charge is 0.194 e. The number of benzene rings is 2. The molecule has 0 aliphatic carbocycles. The molecule has 0 heterocycles. The highest BCUT2D eigenvalue weighted by Gasteiger charge is 2.32. The van der Waals surface area contributed by atoms with Crippen molar-refractivity contribution in [3.63, 3.8) is 0 Å². The molecule has 2 rings (SSSR count). The van der Waals surface area contributed by atoms with Crippen LogP contribution in [0.3, 0.4) is 0 Å². The first kappa shape index (κ1) is 28.7. The summed E-state index contributed by atoms with van der Waals surface area (Å²) in [7, 11) is 1.43. The fourth-order valence-corrected chi connectivity index (χ4v) is 3.65. The number of aliphatic hydroxyl groups is 1. The predicted molar refractivity (Wildman–Crippen MR) is 135 cm³/mol. The van der Waals surface area contributed by atoms with E-state index in [0.29, 0.717) is 34.8 Å². The minimum Gasteiger partial charge on any atom is -0.491 e. The van der Waals surface area contributed by atoms with Crippen molar-refractivity contribution in [1.29, 1.82) is 0 Å². The Hall–Kier alpha value is -2.51. The molecule has 0 radical (unpaired) electrons. The van der Waals surface area contributed by atoms with E-state index in [4.69, 9.17) is 25.8 Å². The van der Waals surface area contributed by atoms with E-state index in [-0.39, 0.29) is 24.9 Å². The maximum absolute atomic E-state index is 13.6. The molecule has 0 saturated heterocycles. The van der Waals surface area contributed by atoms with E-state index in [9.17, 15) is 13.9 Å². The average molecular weight is 507 g/mol. The summed E-state index contributed by atoms with van der Waals surface area (Å²) in [6.07, 6.45) is 3.11. The Labute approximate surface area is 211 Å². The quantitative estimate of drug-likeness (QED) is 0.171. The summed E-state index contributed by atoms with van der Waals surface area (Å²) < 4.78 is 42.8. The van der Waals surface area contributed by atoms with E-state index >= 15 is 0 Å². The number of ether oxygens (including phenoxy) is 3. The zero-order valence-electron chi connectivity index (χ0n) is 20.4. The van der Waals surface area contributed by atoms with Gasteiger partial charge in [0.1, 0.15) is 6.67 Å². The fourth-order valence-electron chi connectivity index (χ4n) is 3.47. The molecule has 0 bridgehead atoms. The van der Waals surface area contributed by atoms with Crippen molar-refractivity contribution in [2.45, 2.75) is 45.2 Å². The van der Waals surface area contributed by atoms with Gasteiger partial charge < -0.3 is 19.3 Å². The SMILES string of the molecule is C=C(/C=C\C(OCC)=C(\F)CF)Cc1cc([C@](O)(CC(C)OCc2ccccc2)OC)ccc1Cl. The van der Waals surface area contributed by atoms with Gasteiger partial charge in [-0.15, -0.1) is 0 Å². The van der Waals surface area contributed by atoms with Crippen LogP contribution in [0.4, 0.5) is 8.78 Å². The standard InChI is InChI=1S/C28H33ClF2O4/c1-5-34-27(26(31)18-30)14-11-20(2)15-23-16-24(12-13-25(23)29)28(32,33-4)17-21(3)35-19-22-9-7-6-8-10-22/h6-14,16,21,32H,2,5,15,17-19H2,1,3-4H3/b14-11-,27-26-/t21?,28-/m0/s1. The lowest BCUT2D eigenvalue weighted by atomic mass is 9.95. The number of hydrogen-bond donors (Lipinski definition) is 1. The highest BCUT2D eigenvalue weighted by atomic mass is 35.5. The Bertz CT molecular complexity index is 1020. The molecule has 0 aromatic heterocycles. The number of alkyl halides is 1.